The van der Waals surface area contributed by atoms with E-state index >= 15 is 0 Å². The minimum atomic E-state index is -0.0448. The van der Waals surface area contributed by atoms with E-state index in [0.29, 0.717) is 13.0 Å². The molecule has 0 radical (unpaired) electrons. The van der Waals surface area contributed by atoms with Crippen LogP contribution < -0.4 is 5.32 Å². The van der Waals surface area contributed by atoms with Crippen LogP contribution in [-0.2, 0) is 4.79 Å². The number of rotatable bonds is 5. The third-order valence-corrected chi connectivity index (χ3v) is 2.99. The van der Waals surface area contributed by atoms with E-state index in [1.165, 1.54) is 0 Å². The highest BCUT2D eigenvalue weighted by Crippen LogP contribution is 2.36. The fraction of sp³-hybridized carbons (Fsp3) is 0.727. The molecule has 0 saturated heterocycles. The monoisotopic (exact) mass is 197 g/mol. The van der Waals surface area contributed by atoms with Crippen molar-refractivity contribution in [2.24, 2.45) is 5.41 Å². The highest BCUT2D eigenvalue weighted by molar-refractivity contribution is 5.77. The number of nitrogens with one attached hydrogen (secondary N) is 1. The van der Waals surface area contributed by atoms with Crippen LogP contribution in [0.5, 0.6) is 0 Å². The second kappa shape index (κ2) is 5.15. The fourth-order valence-corrected chi connectivity index (χ4v) is 2.01. The van der Waals surface area contributed by atoms with Crippen molar-refractivity contribution in [3.63, 3.8) is 0 Å². The molecule has 0 unspecified atom stereocenters. The van der Waals surface area contributed by atoms with Gasteiger partial charge in [-0.05, 0) is 12.8 Å². The van der Waals surface area contributed by atoms with E-state index in [9.17, 15) is 9.90 Å². The Labute approximate surface area is 85.2 Å². The number of hydrogen-bond acceptors (Lipinski definition) is 2. The van der Waals surface area contributed by atoms with Gasteiger partial charge in [-0.2, -0.15) is 0 Å². The van der Waals surface area contributed by atoms with Crippen molar-refractivity contribution >= 4 is 5.91 Å². The Balaban J connectivity index is 2.34. The van der Waals surface area contributed by atoms with Gasteiger partial charge in [-0.3, -0.25) is 4.79 Å². The Kier molecular flexibility index (Phi) is 4.14. The van der Waals surface area contributed by atoms with Crippen molar-refractivity contribution in [1.29, 1.82) is 0 Å². The normalized spacial score (nSPS) is 19.2. The van der Waals surface area contributed by atoms with Crippen LogP contribution in [0, 0.1) is 5.41 Å². The summed E-state index contributed by atoms with van der Waals surface area (Å²) in [5.41, 5.74) is -0.0448. The van der Waals surface area contributed by atoms with Crippen LogP contribution in [0.1, 0.15) is 32.1 Å². The molecule has 14 heavy (non-hydrogen) atoms. The van der Waals surface area contributed by atoms with Gasteiger partial charge in [0.2, 0.25) is 5.91 Å². The zero-order chi connectivity index (χ0) is 10.4. The van der Waals surface area contributed by atoms with Crippen molar-refractivity contribution < 1.29 is 9.90 Å². The third-order valence-electron chi connectivity index (χ3n) is 2.99. The van der Waals surface area contributed by atoms with Crippen molar-refractivity contribution in [3.05, 3.63) is 12.7 Å². The first-order valence-electron chi connectivity index (χ1n) is 5.21. The molecule has 2 N–H and O–H groups in total. The SMILES string of the molecule is C=CCC(=O)NCC1(CO)CCCC1. The summed E-state index contributed by atoms with van der Waals surface area (Å²) in [6, 6.07) is 0. The quantitative estimate of drug-likeness (QED) is 0.651. The van der Waals surface area contributed by atoms with Gasteiger partial charge in [-0.25, -0.2) is 0 Å². The minimum Gasteiger partial charge on any atom is -0.396 e. The maximum absolute atomic E-state index is 11.2. The Morgan fingerprint density at radius 1 is 1.50 bits per heavy atom. The van der Waals surface area contributed by atoms with Crippen molar-refractivity contribution in [3.8, 4) is 0 Å². The van der Waals surface area contributed by atoms with Gasteiger partial charge >= 0.3 is 0 Å². The fourth-order valence-electron chi connectivity index (χ4n) is 2.01. The van der Waals surface area contributed by atoms with E-state index in [-0.39, 0.29) is 17.9 Å². The maximum Gasteiger partial charge on any atom is 0.223 e. The van der Waals surface area contributed by atoms with Gasteiger partial charge in [0.15, 0.2) is 0 Å². The van der Waals surface area contributed by atoms with Gasteiger partial charge in [0.1, 0.15) is 0 Å². The molecule has 0 aromatic carbocycles. The second-order valence-corrected chi connectivity index (χ2v) is 4.13. The van der Waals surface area contributed by atoms with Crippen molar-refractivity contribution in [2.75, 3.05) is 13.2 Å². The average Bonchev–Trinajstić information content (AvgIpc) is 2.65. The molecule has 1 amide bonds. The summed E-state index contributed by atoms with van der Waals surface area (Å²) in [6.07, 6.45) is 6.34. The molecule has 0 aromatic heterocycles. The molecule has 0 atom stereocenters. The van der Waals surface area contributed by atoms with Crippen LogP contribution in [0.3, 0.4) is 0 Å². The largest absolute Gasteiger partial charge is 0.396 e. The van der Waals surface area contributed by atoms with E-state index < -0.39 is 0 Å². The van der Waals surface area contributed by atoms with Gasteiger partial charge in [-0.15, -0.1) is 6.58 Å². The lowest BCUT2D eigenvalue weighted by Gasteiger charge is -2.26. The van der Waals surface area contributed by atoms with Gasteiger partial charge in [0.05, 0.1) is 6.61 Å². The van der Waals surface area contributed by atoms with Crippen LogP contribution in [0.15, 0.2) is 12.7 Å². The Morgan fingerprint density at radius 3 is 2.64 bits per heavy atom. The molecule has 0 aliphatic heterocycles. The summed E-state index contributed by atoms with van der Waals surface area (Å²) >= 11 is 0. The predicted molar refractivity (Wildman–Crippen MR) is 55.8 cm³/mol. The molecule has 80 valence electrons. The molecule has 0 aromatic rings. The molecule has 3 heteroatoms. The molecule has 1 aliphatic rings. The summed E-state index contributed by atoms with van der Waals surface area (Å²) in [6.45, 7) is 4.30. The molecular formula is C11H19NO2. The van der Waals surface area contributed by atoms with E-state index in [1.807, 2.05) is 0 Å². The number of hydrogen-bond donors (Lipinski definition) is 2. The number of aliphatic hydroxyl groups is 1. The lowest BCUT2D eigenvalue weighted by atomic mass is 9.87. The summed E-state index contributed by atoms with van der Waals surface area (Å²) in [7, 11) is 0. The number of carbonyl (C=O) groups excluding carboxylic acids is 1. The first-order valence-corrected chi connectivity index (χ1v) is 5.21. The highest BCUT2D eigenvalue weighted by atomic mass is 16.3. The Morgan fingerprint density at radius 2 is 2.14 bits per heavy atom. The second-order valence-electron chi connectivity index (χ2n) is 4.13. The van der Waals surface area contributed by atoms with Crippen molar-refractivity contribution in [1.82, 2.24) is 5.32 Å². The first-order chi connectivity index (χ1) is 6.72. The van der Waals surface area contributed by atoms with Crippen LogP contribution in [0.4, 0.5) is 0 Å². The van der Waals surface area contributed by atoms with E-state index in [4.69, 9.17) is 0 Å². The zero-order valence-corrected chi connectivity index (χ0v) is 8.59. The molecule has 0 heterocycles. The Hall–Kier alpha value is -0.830. The summed E-state index contributed by atoms with van der Waals surface area (Å²) < 4.78 is 0. The standard InChI is InChI=1S/C11H19NO2/c1-2-5-10(14)12-8-11(9-13)6-3-4-7-11/h2,13H,1,3-9H2,(H,12,14). The predicted octanol–water partition coefficient (Wildman–Crippen LogP) is 1.23. The van der Waals surface area contributed by atoms with E-state index in [0.717, 1.165) is 25.7 Å². The minimum absolute atomic E-state index is 0.000255. The molecule has 1 saturated carbocycles. The number of aliphatic hydroxyl groups excluding tert-OH is 1. The summed E-state index contributed by atoms with van der Waals surface area (Å²) in [5, 5.41) is 12.1. The van der Waals surface area contributed by atoms with Crippen LogP contribution in [-0.4, -0.2) is 24.2 Å². The molecule has 3 nitrogen and oxygen atoms in total. The third kappa shape index (κ3) is 2.84. The highest BCUT2D eigenvalue weighted by Gasteiger charge is 2.33. The number of carbonyl (C=O) groups is 1. The lowest BCUT2D eigenvalue weighted by Crippen LogP contribution is -2.38. The molecule has 1 aliphatic carbocycles. The zero-order valence-electron chi connectivity index (χ0n) is 8.59. The molecule has 1 rings (SSSR count). The first kappa shape index (κ1) is 11.2. The lowest BCUT2D eigenvalue weighted by molar-refractivity contribution is -0.120. The molecule has 0 spiro atoms. The maximum atomic E-state index is 11.2. The number of amides is 1. The van der Waals surface area contributed by atoms with Gasteiger partial charge < -0.3 is 10.4 Å². The van der Waals surface area contributed by atoms with Gasteiger partial charge in [0.25, 0.3) is 0 Å². The van der Waals surface area contributed by atoms with E-state index in [1.54, 1.807) is 6.08 Å². The molecule has 1 fully saturated rings. The van der Waals surface area contributed by atoms with Crippen LogP contribution in [0.25, 0.3) is 0 Å². The topological polar surface area (TPSA) is 49.3 Å². The summed E-state index contributed by atoms with van der Waals surface area (Å²) in [5.74, 6) is -0.000255. The van der Waals surface area contributed by atoms with E-state index in [2.05, 4.69) is 11.9 Å². The molecular weight excluding hydrogens is 178 g/mol. The summed E-state index contributed by atoms with van der Waals surface area (Å²) in [4.78, 5) is 11.2. The van der Waals surface area contributed by atoms with Gasteiger partial charge in [-0.1, -0.05) is 18.9 Å². The smallest absolute Gasteiger partial charge is 0.223 e. The van der Waals surface area contributed by atoms with Crippen LogP contribution >= 0.6 is 0 Å². The van der Waals surface area contributed by atoms with Crippen molar-refractivity contribution in [2.45, 2.75) is 32.1 Å². The average molecular weight is 197 g/mol. The Bertz CT molecular complexity index is 207. The van der Waals surface area contributed by atoms with Gasteiger partial charge in [0, 0.05) is 18.4 Å². The molecule has 0 bridgehead atoms. The van der Waals surface area contributed by atoms with Crippen LogP contribution in [0.2, 0.25) is 0 Å².